The van der Waals surface area contributed by atoms with Gasteiger partial charge in [-0.15, -0.1) is 0 Å². The van der Waals surface area contributed by atoms with Gasteiger partial charge in [-0.25, -0.2) is 0 Å². The van der Waals surface area contributed by atoms with Gasteiger partial charge in [0.05, 0.1) is 4.47 Å². The van der Waals surface area contributed by atoms with Crippen molar-refractivity contribution in [3.05, 3.63) is 50.9 Å². The van der Waals surface area contributed by atoms with Crippen LogP contribution in [-0.2, 0) is 9.59 Å². The summed E-state index contributed by atoms with van der Waals surface area (Å²) in [5, 5.41) is 5.61. The SMILES string of the molecule is Cc1cc(Br)cc(Br)c1OCC(=O)Nc1ccc(NC(=O)CC(C)C)cc1. The Balaban J connectivity index is 1.88. The van der Waals surface area contributed by atoms with Gasteiger partial charge in [0.15, 0.2) is 6.61 Å². The molecular weight excluding hydrogens is 476 g/mol. The molecule has 0 saturated carbocycles. The molecule has 2 aromatic carbocycles. The Morgan fingerprint density at radius 2 is 1.56 bits per heavy atom. The van der Waals surface area contributed by atoms with Gasteiger partial charge in [0.2, 0.25) is 5.91 Å². The van der Waals surface area contributed by atoms with Crippen LogP contribution in [0.3, 0.4) is 0 Å². The fourth-order valence-electron chi connectivity index (χ4n) is 2.43. The molecule has 0 bridgehead atoms. The maximum absolute atomic E-state index is 12.1. The van der Waals surface area contributed by atoms with Crippen LogP contribution in [0.15, 0.2) is 45.3 Å². The van der Waals surface area contributed by atoms with Gasteiger partial charge in [0.1, 0.15) is 5.75 Å². The third kappa shape index (κ3) is 6.99. The number of rotatable bonds is 7. The van der Waals surface area contributed by atoms with Crippen LogP contribution >= 0.6 is 31.9 Å². The van der Waals surface area contributed by atoms with E-state index in [1.54, 1.807) is 24.3 Å². The van der Waals surface area contributed by atoms with E-state index in [-0.39, 0.29) is 18.4 Å². The van der Waals surface area contributed by atoms with Crippen molar-refractivity contribution in [2.75, 3.05) is 17.2 Å². The minimum absolute atomic E-state index is 0.0226. The fourth-order valence-corrected chi connectivity index (χ4v) is 3.98. The van der Waals surface area contributed by atoms with Crippen molar-refractivity contribution >= 4 is 55.0 Å². The molecule has 7 heteroatoms. The van der Waals surface area contributed by atoms with Gasteiger partial charge in [-0.3, -0.25) is 9.59 Å². The zero-order valence-electron chi connectivity index (χ0n) is 15.4. The fraction of sp³-hybridized carbons (Fsp3) is 0.300. The van der Waals surface area contributed by atoms with Crippen LogP contribution in [0.25, 0.3) is 0 Å². The molecule has 0 unspecified atom stereocenters. The number of carbonyl (C=O) groups excluding carboxylic acids is 2. The van der Waals surface area contributed by atoms with Gasteiger partial charge >= 0.3 is 0 Å². The number of hydrogen-bond acceptors (Lipinski definition) is 3. The zero-order valence-corrected chi connectivity index (χ0v) is 18.6. The molecule has 2 aromatic rings. The van der Waals surface area contributed by atoms with Crippen LogP contribution in [0.1, 0.15) is 25.8 Å². The highest BCUT2D eigenvalue weighted by molar-refractivity contribution is 9.11. The molecular formula is C20H22Br2N2O3. The summed E-state index contributed by atoms with van der Waals surface area (Å²) in [5.74, 6) is 0.654. The quantitative estimate of drug-likeness (QED) is 0.529. The van der Waals surface area contributed by atoms with Crippen LogP contribution in [0, 0.1) is 12.8 Å². The summed E-state index contributed by atoms with van der Waals surface area (Å²) in [6.07, 6.45) is 0.473. The Morgan fingerprint density at radius 3 is 2.07 bits per heavy atom. The van der Waals surface area contributed by atoms with E-state index in [0.29, 0.717) is 29.5 Å². The molecule has 27 heavy (non-hydrogen) atoms. The van der Waals surface area contributed by atoms with Crippen molar-refractivity contribution < 1.29 is 14.3 Å². The number of halogens is 2. The summed E-state index contributed by atoms with van der Waals surface area (Å²) in [5.41, 5.74) is 2.26. The molecule has 0 aliphatic heterocycles. The molecule has 2 N–H and O–H groups in total. The second kappa shape index (κ2) is 9.90. The number of benzene rings is 2. The predicted molar refractivity (Wildman–Crippen MR) is 115 cm³/mol. The van der Waals surface area contributed by atoms with E-state index in [4.69, 9.17) is 4.74 Å². The molecule has 0 heterocycles. The van der Waals surface area contributed by atoms with Gasteiger partial charge in [-0.2, -0.15) is 0 Å². The lowest BCUT2D eigenvalue weighted by Crippen LogP contribution is -2.20. The molecule has 5 nitrogen and oxygen atoms in total. The summed E-state index contributed by atoms with van der Waals surface area (Å²) in [4.78, 5) is 23.9. The van der Waals surface area contributed by atoms with Crippen LogP contribution < -0.4 is 15.4 Å². The standard InChI is InChI=1S/C20H22Br2N2O3/c1-12(2)8-18(25)23-15-4-6-16(7-5-15)24-19(26)11-27-20-13(3)9-14(21)10-17(20)22/h4-7,9-10,12H,8,11H2,1-3H3,(H,23,25)(H,24,26). The molecule has 0 atom stereocenters. The minimum atomic E-state index is -0.263. The monoisotopic (exact) mass is 496 g/mol. The summed E-state index contributed by atoms with van der Waals surface area (Å²) in [6.45, 7) is 5.80. The van der Waals surface area contributed by atoms with E-state index in [0.717, 1.165) is 14.5 Å². The first-order valence-electron chi connectivity index (χ1n) is 8.53. The predicted octanol–water partition coefficient (Wildman–Crippen LogP) is 5.52. The average Bonchev–Trinajstić information content (AvgIpc) is 2.55. The number of amides is 2. The second-order valence-corrected chi connectivity index (χ2v) is 8.36. The minimum Gasteiger partial charge on any atom is -0.482 e. The van der Waals surface area contributed by atoms with Crippen LogP contribution in [0.4, 0.5) is 11.4 Å². The maximum atomic E-state index is 12.1. The van der Waals surface area contributed by atoms with E-state index >= 15 is 0 Å². The Bertz CT molecular complexity index is 797. The smallest absolute Gasteiger partial charge is 0.262 e. The molecule has 0 aliphatic rings. The first kappa shape index (κ1) is 21.4. The summed E-state index contributed by atoms with van der Waals surface area (Å²) in [6, 6.07) is 10.8. The molecule has 0 spiro atoms. The zero-order chi connectivity index (χ0) is 20.0. The first-order valence-corrected chi connectivity index (χ1v) is 10.1. The van der Waals surface area contributed by atoms with Gasteiger partial charge in [0.25, 0.3) is 5.91 Å². The highest BCUT2D eigenvalue weighted by Gasteiger charge is 2.10. The molecule has 0 aliphatic carbocycles. The third-order valence-electron chi connectivity index (χ3n) is 3.59. The van der Waals surface area contributed by atoms with Crippen LogP contribution in [-0.4, -0.2) is 18.4 Å². The van der Waals surface area contributed by atoms with Crippen molar-refractivity contribution in [3.8, 4) is 5.75 Å². The largest absolute Gasteiger partial charge is 0.482 e. The molecule has 2 amide bonds. The van der Waals surface area contributed by atoms with Crippen molar-refractivity contribution in [2.45, 2.75) is 27.2 Å². The molecule has 2 rings (SSSR count). The lowest BCUT2D eigenvalue weighted by molar-refractivity contribution is -0.118. The lowest BCUT2D eigenvalue weighted by Gasteiger charge is -2.12. The highest BCUT2D eigenvalue weighted by Crippen LogP contribution is 2.32. The summed E-state index contributed by atoms with van der Waals surface area (Å²) < 4.78 is 7.35. The number of ether oxygens (including phenoxy) is 1. The van der Waals surface area contributed by atoms with Crippen molar-refractivity contribution in [3.63, 3.8) is 0 Å². The van der Waals surface area contributed by atoms with Crippen molar-refractivity contribution in [1.82, 2.24) is 0 Å². The van der Waals surface area contributed by atoms with E-state index in [2.05, 4.69) is 42.5 Å². The summed E-state index contributed by atoms with van der Waals surface area (Å²) in [7, 11) is 0. The van der Waals surface area contributed by atoms with E-state index in [1.807, 2.05) is 32.9 Å². The van der Waals surface area contributed by atoms with Crippen LogP contribution in [0.2, 0.25) is 0 Å². The molecule has 144 valence electrons. The Hall–Kier alpha value is -1.86. The second-order valence-electron chi connectivity index (χ2n) is 6.59. The number of carbonyl (C=O) groups is 2. The van der Waals surface area contributed by atoms with Crippen molar-refractivity contribution in [1.29, 1.82) is 0 Å². The third-order valence-corrected chi connectivity index (χ3v) is 4.63. The van der Waals surface area contributed by atoms with Gasteiger partial charge in [-0.1, -0.05) is 29.8 Å². The molecule has 0 saturated heterocycles. The lowest BCUT2D eigenvalue weighted by atomic mass is 10.1. The number of aryl methyl sites for hydroxylation is 1. The summed E-state index contributed by atoms with van der Waals surface area (Å²) >= 11 is 6.85. The molecule has 0 fully saturated rings. The van der Waals surface area contributed by atoms with E-state index < -0.39 is 0 Å². The highest BCUT2D eigenvalue weighted by atomic mass is 79.9. The van der Waals surface area contributed by atoms with Crippen LogP contribution in [0.5, 0.6) is 5.75 Å². The average molecular weight is 498 g/mol. The van der Waals surface area contributed by atoms with E-state index in [1.165, 1.54) is 0 Å². The first-order chi connectivity index (χ1) is 12.7. The number of hydrogen-bond donors (Lipinski definition) is 2. The van der Waals surface area contributed by atoms with Gasteiger partial charge in [-0.05, 0) is 70.7 Å². The van der Waals surface area contributed by atoms with E-state index in [9.17, 15) is 9.59 Å². The molecule has 0 aromatic heterocycles. The number of anilines is 2. The number of nitrogens with one attached hydrogen (secondary N) is 2. The normalized spacial score (nSPS) is 10.6. The topological polar surface area (TPSA) is 67.4 Å². The van der Waals surface area contributed by atoms with Gasteiger partial charge < -0.3 is 15.4 Å². The maximum Gasteiger partial charge on any atom is 0.262 e. The Kier molecular flexibility index (Phi) is 7.86. The molecule has 0 radical (unpaired) electrons. The Morgan fingerprint density at radius 1 is 1.00 bits per heavy atom. The van der Waals surface area contributed by atoms with Crippen molar-refractivity contribution in [2.24, 2.45) is 5.92 Å². The van der Waals surface area contributed by atoms with Gasteiger partial charge in [0, 0.05) is 22.3 Å². The Labute approximate surface area is 176 Å².